The predicted octanol–water partition coefficient (Wildman–Crippen LogP) is 5.63. The first-order chi connectivity index (χ1) is 12.4. The quantitative estimate of drug-likeness (QED) is 0.544. The Balaban J connectivity index is 1.82. The van der Waals surface area contributed by atoms with E-state index in [4.69, 9.17) is 17.3 Å². The topological polar surface area (TPSA) is 75.9 Å². The van der Waals surface area contributed by atoms with Crippen LogP contribution in [0.2, 0.25) is 5.02 Å². The van der Waals surface area contributed by atoms with Crippen LogP contribution in [0.1, 0.15) is 30.9 Å². The van der Waals surface area contributed by atoms with Crippen molar-refractivity contribution in [3.63, 3.8) is 0 Å². The molecule has 6 heteroatoms. The number of benzene rings is 2. The van der Waals surface area contributed by atoms with Gasteiger partial charge in [0.05, 0.1) is 0 Å². The highest BCUT2D eigenvalue weighted by Crippen LogP contribution is 2.30. The van der Waals surface area contributed by atoms with E-state index in [9.17, 15) is 0 Å². The van der Waals surface area contributed by atoms with Gasteiger partial charge in [0.2, 0.25) is 0 Å². The van der Waals surface area contributed by atoms with Gasteiger partial charge in [0, 0.05) is 16.4 Å². The molecule has 0 saturated carbocycles. The van der Waals surface area contributed by atoms with Crippen LogP contribution in [0.3, 0.4) is 0 Å². The minimum atomic E-state index is 0.454. The van der Waals surface area contributed by atoms with E-state index in [1.54, 1.807) is 0 Å². The van der Waals surface area contributed by atoms with Gasteiger partial charge >= 0.3 is 0 Å². The Hall–Kier alpha value is -2.79. The number of hydrogen-bond acceptors (Lipinski definition) is 5. The predicted molar refractivity (Wildman–Crippen MR) is 110 cm³/mol. The molecular weight excluding hydrogens is 346 g/mol. The highest BCUT2D eigenvalue weighted by molar-refractivity contribution is 6.30. The van der Waals surface area contributed by atoms with Gasteiger partial charge in [-0.2, -0.15) is 0 Å². The Labute approximate surface area is 158 Å². The summed E-state index contributed by atoms with van der Waals surface area (Å²) in [6, 6.07) is 13.8. The van der Waals surface area contributed by atoms with Crippen molar-refractivity contribution < 1.29 is 0 Å². The average Bonchev–Trinajstić information content (AvgIpc) is 2.61. The standard InChI is InChI=1S/C20H22ClN5/c1-12(2)14-4-7-16(8-5-14)25-19-18(22)20(24-11-23-19)26-17-9-6-15(21)10-13(17)3/h4-12H,22H2,1-3H3,(H2,23,24,25,26). The number of aryl methyl sites for hydroxylation is 1. The minimum Gasteiger partial charge on any atom is -0.393 e. The Morgan fingerprint density at radius 1 is 0.962 bits per heavy atom. The number of nitrogens with zero attached hydrogens (tertiary/aromatic N) is 2. The fourth-order valence-corrected chi connectivity index (χ4v) is 2.80. The molecule has 0 saturated heterocycles. The summed E-state index contributed by atoms with van der Waals surface area (Å²) in [7, 11) is 0. The monoisotopic (exact) mass is 367 g/mol. The fourth-order valence-electron chi connectivity index (χ4n) is 2.58. The highest BCUT2D eigenvalue weighted by atomic mass is 35.5. The summed E-state index contributed by atoms with van der Waals surface area (Å²) in [4.78, 5) is 8.52. The van der Waals surface area contributed by atoms with Crippen LogP contribution in [0, 0.1) is 6.92 Å². The lowest BCUT2D eigenvalue weighted by Gasteiger charge is -2.14. The van der Waals surface area contributed by atoms with Crippen LogP contribution < -0.4 is 16.4 Å². The van der Waals surface area contributed by atoms with Gasteiger partial charge in [-0.3, -0.25) is 0 Å². The molecule has 1 heterocycles. The van der Waals surface area contributed by atoms with Crippen molar-refractivity contribution in [1.82, 2.24) is 9.97 Å². The molecular formula is C20H22ClN5. The molecule has 0 fully saturated rings. The van der Waals surface area contributed by atoms with Crippen LogP contribution in [-0.2, 0) is 0 Å². The van der Waals surface area contributed by atoms with Gasteiger partial charge in [-0.05, 0) is 54.3 Å². The van der Waals surface area contributed by atoms with Crippen molar-refractivity contribution in [2.45, 2.75) is 26.7 Å². The molecule has 3 rings (SSSR count). The maximum absolute atomic E-state index is 6.26. The number of anilines is 5. The molecule has 1 aromatic heterocycles. The molecule has 0 amide bonds. The molecule has 0 bridgehead atoms. The molecule has 134 valence electrons. The van der Waals surface area contributed by atoms with Crippen molar-refractivity contribution in [1.29, 1.82) is 0 Å². The Morgan fingerprint density at radius 3 is 2.23 bits per heavy atom. The molecule has 0 aliphatic rings. The van der Waals surface area contributed by atoms with Gasteiger partial charge in [0.15, 0.2) is 11.6 Å². The van der Waals surface area contributed by atoms with Crippen LogP contribution >= 0.6 is 11.6 Å². The number of nitrogens with one attached hydrogen (secondary N) is 2. The van der Waals surface area contributed by atoms with Gasteiger partial charge < -0.3 is 16.4 Å². The fraction of sp³-hybridized carbons (Fsp3) is 0.200. The van der Waals surface area contributed by atoms with Crippen molar-refractivity contribution in [3.8, 4) is 0 Å². The first kappa shape index (κ1) is 18.0. The number of hydrogen-bond donors (Lipinski definition) is 3. The van der Waals surface area contributed by atoms with Gasteiger partial charge in [0.25, 0.3) is 0 Å². The number of rotatable bonds is 5. The van der Waals surface area contributed by atoms with Gasteiger partial charge in [-0.25, -0.2) is 9.97 Å². The lowest BCUT2D eigenvalue weighted by molar-refractivity contribution is 0.867. The molecule has 3 aromatic rings. The first-order valence-electron chi connectivity index (χ1n) is 8.44. The number of nitrogen functional groups attached to an aromatic ring is 1. The van der Waals surface area contributed by atoms with E-state index in [2.05, 4.69) is 46.6 Å². The third-order valence-electron chi connectivity index (χ3n) is 4.17. The maximum atomic E-state index is 6.26. The van der Waals surface area contributed by atoms with E-state index in [1.165, 1.54) is 11.9 Å². The number of aromatic nitrogens is 2. The number of halogens is 1. The molecule has 0 aliphatic carbocycles. The largest absolute Gasteiger partial charge is 0.393 e. The highest BCUT2D eigenvalue weighted by Gasteiger charge is 2.10. The Bertz CT molecular complexity index is 907. The summed E-state index contributed by atoms with van der Waals surface area (Å²) in [5.74, 6) is 1.60. The van der Waals surface area contributed by atoms with Crippen LogP contribution in [0.25, 0.3) is 0 Å². The molecule has 0 unspecified atom stereocenters. The minimum absolute atomic E-state index is 0.454. The van der Waals surface area contributed by atoms with Crippen molar-refractivity contribution >= 4 is 40.3 Å². The van der Waals surface area contributed by atoms with E-state index >= 15 is 0 Å². The maximum Gasteiger partial charge on any atom is 0.159 e. The van der Waals surface area contributed by atoms with E-state index in [1.807, 2.05) is 37.3 Å². The Morgan fingerprint density at radius 2 is 1.62 bits per heavy atom. The zero-order valence-electron chi connectivity index (χ0n) is 15.0. The van der Waals surface area contributed by atoms with E-state index in [0.29, 0.717) is 28.3 Å². The molecule has 0 spiro atoms. The van der Waals surface area contributed by atoms with E-state index < -0.39 is 0 Å². The summed E-state index contributed by atoms with van der Waals surface area (Å²) in [5, 5.41) is 7.18. The van der Waals surface area contributed by atoms with E-state index in [-0.39, 0.29) is 0 Å². The third-order valence-corrected chi connectivity index (χ3v) is 4.40. The van der Waals surface area contributed by atoms with Crippen LogP contribution in [0.4, 0.5) is 28.7 Å². The van der Waals surface area contributed by atoms with Gasteiger partial charge in [-0.15, -0.1) is 0 Å². The van der Waals surface area contributed by atoms with E-state index in [0.717, 1.165) is 16.9 Å². The molecule has 0 aliphatic heterocycles. The second-order valence-corrected chi connectivity index (χ2v) is 6.91. The second kappa shape index (κ2) is 7.62. The average molecular weight is 368 g/mol. The molecule has 5 nitrogen and oxygen atoms in total. The smallest absolute Gasteiger partial charge is 0.159 e. The molecule has 4 N–H and O–H groups in total. The lowest BCUT2D eigenvalue weighted by atomic mass is 10.0. The van der Waals surface area contributed by atoms with Gasteiger partial charge in [-0.1, -0.05) is 37.6 Å². The first-order valence-corrected chi connectivity index (χ1v) is 8.82. The summed E-state index contributed by atoms with van der Waals surface area (Å²) in [5.41, 5.74) is 10.8. The summed E-state index contributed by atoms with van der Waals surface area (Å²) in [6.45, 7) is 6.31. The van der Waals surface area contributed by atoms with Gasteiger partial charge in [0.1, 0.15) is 12.0 Å². The molecule has 0 atom stereocenters. The normalized spacial score (nSPS) is 10.8. The second-order valence-electron chi connectivity index (χ2n) is 6.47. The number of nitrogens with two attached hydrogens (primary N) is 1. The summed E-state index contributed by atoms with van der Waals surface area (Å²) >= 11 is 6.01. The van der Waals surface area contributed by atoms with Crippen molar-refractivity contribution in [2.75, 3.05) is 16.4 Å². The summed E-state index contributed by atoms with van der Waals surface area (Å²) in [6.07, 6.45) is 1.48. The SMILES string of the molecule is Cc1cc(Cl)ccc1Nc1ncnc(Nc2ccc(C(C)C)cc2)c1N. The molecule has 2 aromatic carbocycles. The van der Waals surface area contributed by atoms with Crippen LogP contribution in [-0.4, -0.2) is 9.97 Å². The lowest BCUT2D eigenvalue weighted by Crippen LogP contribution is -2.05. The third kappa shape index (κ3) is 4.06. The van der Waals surface area contributed by atoms with Crippen molar-refractivity contribution in [2.24, 2.45) is 0 Å². The Kier molecular flexibility index (Phi) is 5.28. The van der Waals surface area contributed by atoms with Crippen LogP contribution in [0.5, 0.6) is 0 Å². The summed E-state index contributed by atoms with van der Waals surface area (Å²) < 4.78 is 0. The zero-order valence-corrected chi connectivity index (χ0v) is 15.8. The van der Waals surface area contributed by atoms with Crippen molar-refractivity contribution in [3.05, 3.63) is 64.9 Å². The molecule has 26 heavy (non-hydrogen) atoms. The zero-order chi connectivity index (χ0) is 18.7. The van der Waals surface area contributed by atoms with Crippen LogP contribution in [0.15, 0.2) is 48.8 Å². The molecule has 0 radical (unpaired) electrons.